The summed E-state index contributed by atoms with van der Waals surface area (Å²) in [6.07, 6.45) is 50.1. The molecule has 0 aliphatic heterocycles. The van der Waals surface area contributed by atoms with Crippen LogP contribution in [0.3, 0.4) is 0 Å². The van der Waals surface area contributed by atoms with Crippen LogP contribution in [0.4, 0.5) is 0 Å². The molecular formula is C49H42. The van der Waals surface area contributed by atoms with Crippen molar-refractivity contribution < 1.29 is 0 Å². The lowest BCUT2D eigenvalue weighted by atomic mass is 9.61. The summed E-state index contributed by atoms with van der Waals surface area (Å²) in [6.45, 7) is 2.26. The average Bonchev–Trinajstić information content (AvgIpc) is 3.16. The molecule has 0 saturated heterocycles. The highest BCUT2D eigenvalue weighted by molar-refractivity contribution is 5.83. The van der Waals surface area contributed by atoms with E-state index in [2.05, 4.69) is 183 Å². The van der Waals surface area contributed by atoms with E-state index in [1.165, 1.54) is 49.4 Å². The molecule has 0 aromatic heterocycles. The third-order valence-corrected chi connectivity index (χ3v) is 12.6. The summed E-state index contributed by atoms with van der Waals surface area (Å²) in [4.78, 5) is 0. The maximum absolute atomic E-state index is 2.55. The summed E-state index contributed by atoms with van der Waals surface area (Å²) in [5.74, 6) is 4.37. The van der Waals surface area contributed by atoms with Crippen molar-refractivity contribution in [1.82, 2.24) is 0 Å². The molecule has 0 fully saturated rings. The molecule has 2 aromatic rings. The molecule has 10 unspecified atom stereocenters. The van der Waals surface area contributed by atoms with Gasteiger partial charge in [0.15, 0.2) is 0 Å². The van der Waals surface area contributed by atoms with E-state index in [4.69, 9.17) is 0 Å². The lowest BCUT2D eigenvalue weighted by Gasteiger charge is -2.42. The van der Waals surface area contributed by atoms with Crippen LogP contribution in [0, 0.1) is 59.2 Å². The SMILES string of the molecule is CC1=CC2C(c3ccc(C4=CC5C=CC=CC5C5C=CC=CC45)cc3)=c3ccccc3=C(C3=CC=CC4C3C=CC3C=CC=CC34)C2C=C1. The molecule has 49 heavy (non-hydrogen) atoms. The van der Waals surface area contributed by atoms with Gasteiger partial charge in [0, 0.05) is 35.5 Å². The van der Waals surface area contributed by atoms with Crippen molar-refractivity contribution >= 4 is 16.7 Å². The van der Waals surface area contributed by atoms with Gasteiger partial charge in [0.05, 0.1) is 0 Å². The third kappa shape index (κ3) is 4.64. The Balaban J connectivity index is 1.11. The Morgan fingerprint density at radius 2 is 1.02 bits per heavy atom. The Hall–Kier alpha value is -4.94. The molecule has 0 heterocycles. The maximum Gasteiger partial charge on any atom is 0.0140 e. The van der Waals surface area contributed by atoms with Gasteiger partial charge in [-0.15, -0.1) is 0 Å². The van der Waals surface area contributed by atoms with E-state index < -0.39 is 0 Å². The quantitative estimate of drug-likeness (QED) is 0.296. The summed E-state index contributed by atoms with van der Waals surface area (Å²) in [5, 5.41) is 2.78. The number of hydrogen-bond donors (Lipinski definition) is 0. The van der Waals surface area contributed by atoms with Gasteiger partial charge in [-0.2, -0.15) is 0 Å². The van der Waals surface area contributed by atoms with Gasteiger partial charge in [-0.25, -0.2) is 0 Å². The molecule has 8 aliphatic carbocycles. The van der Waals surface area contributed by atoms with E-state index in [1.54, 1.807) is 0 Å². The monoisotopic (exact) mass is 630 g/mol. The number of allylic oxidation sites excluding steroid dienone is 24. The molecule has 10 atom stereocenters. The van der Waals surface area contributed by atoms with Crippen LogP contribution >= 0.6 is 0 Å². The fourth-order valence-corrected chi connectivity index (χ4v) is 10.4. The van der Waals surface area contributed by atoms with E-state index in [9.17, 15) is 0 Å². The lowest BCUT2D eigenvalue weighted by molar-refractivity contribution is 0.340. The van der Waals surface area contributed by atoms with Gasteiger partial charge in [0.1, 0.15) is 0 Å². The Morgan fingerprint density at radius 1 is 0.408 bits per heavy atom. The van der Waals surface area contributed by atoms with Crippen LogP contribution in [0.1, 0.15) is 18.1 Å². The molecule has 0 radical (unpaired) electrons. The van der Waals surface area contributed by atoms with Gasteiger partial charge in [-0.3, -0.25) is 0 Å². The fourth-order valence-electron chi connectivity index (χ4n) is 10.4. The first-order chi connectivity index (χ1) is 24.2. The van der Waals surface area contributed by atoms with Crippen molar-refractivity contribution in [3.8, 4) is 0 Å². The molecule has 238 valence electrons. The third-order valence-electron chi connectivity index (χ3n) is 12.6. The standard InChI is InChI=1S/C49H42/c1-31-21-27-45-47(29-31)48(34-24-22-33(23-25-34)46-30-35-12-3-5-14-37(35)38-15-6-7-16-40(38)46)43-17-8-9-18-44(43)49(45)42-20-10-19-39-36-13-4-2-11-32(36)26-28-41(39)42/h2-30,32,35-41,45,47H,1H3. The average molecular weight is 631 g/mol. The Kier molecular flexibility index (Phi) is 6.87. The van der Waals surface area contributed by atoms with Crippen LogP contribution in [-0.4, -0.2) is 0 Å². The van der Waals surface area contributed by atoms with Crippen molar-refractivity contribution in [1.29, 1.82) is 0 Å². The van der Waals surface area contributed by atoms with Gasteiger partial charge >= 0.3 is 0 Å². The minimum absolute atomic E-state index is 0.286. The second-order valence-electron chi connectivity index (χ2n) is 15.1. The molecule has 8 aliphatic rings. The molecule has 0 spiro atoms. The molecule has 0 amide bonds. The zero-order valence-corrected chi connectivity index (χ0v) is 28.0. The van der Waals surface area contributed by atoms with E-state index >= 15 is 0 Å². The number of benzene rings is 2. The highest BCUT2D eigenvalue weighted by Crippen LogP contribution is 2.50. The zero-order chi connectivity index (χ0) is 32.5. The predicted molar refractivity (Wildman–Crippen MR) is 205 cm³/mol. The number of rotatable bonds is 3. The van der Waals surface area contributed by atoms with Gasteiger partial charge in [-0.1, -0.05) is 182 Å². The van der Waals surface area contributed by atoms with E-state index in [-0.39, 0.29) is 5.92 Å². The minimum atomic E-state index is 0.286. The fraction of sp³-hybridized carbons (Fsp3) is 0.224. The van der Waals surface area contributed by atoms with Gasteiger partial charge in [0.25, 0.3) is 0 Å². The van der Waals surface area contributed by atoms with E-state index in [1.807, 2.05) is 0 Å². The molecule has 0 bridgehead atoms. The molecular weight excluding hydrogens is 589 g/mol. The van der Waals surface area contributed by atoms with Gasteiger partial charge < -0.3 is 0 Å². The zero-order valence-electron chi connectivity index (χ0n) is 28.0. The molecule has 0 N–H and O–H groups in total. The van der Waals surface area contributed by atoms with Crippen LogP contribution < -0.4 is 10.4 Å². The Morgan fingerprint density at radius 3 is 1.82 bits per heavy atom. The normalized spacial score (nSPS) is 35.4. The summed E-state index contributed by atoms with van der Waals surface area (Å²) >= 11 is 0. The second kappa shape index (κ2) is 11.6. The highest BCUT2D eigenvalue weighted by Gasteiger charge is 2.41. The van der Waals surface area contributed by atoms with Crippen molar-refractivity contribution in [2.45, 2.75) is 6.92 Å². The molecule has 2 aromatic carbocycles. The first kappa shape index (κ1) is 29.0. The van der Waals surface area contributed by atoms with Crippen LogP contribution in [-0.2, 0) is 0 Å². The number of fused-ring (bicyclic) bond motifs is 8. The van der Waals surface area contributed by atoms with Crippen molar-refractivity contribution in [2.75, 3.05) is 0 Å². The number of hydrogen-bond acceptors (Lipinski definition) is 0. The summed E-state index contributed by atoms with van der Waals surface area (Å²) in [6, 6.07) is 18.9. The van der Waals surface area contributed by atoms with Crippen molar-refractivity contribution in [2.24, 2.45) is 59.2 Å². The Labute approximate surface area is 290 Å². The summed E-state index contributed by atoms with van der Waals surface area (Å²) < 4.78 is 0. The Bertz CT molecular complexity index is 2220. The maximum atomic E-state index is 2.55. The van der Waals surface area contributed by atoms with Crippen molar-refractivity contribution in [3.63, 3.8) is 0 Å². The van der Waals surface area contributed by atoms with Crippen molar-refractivity contribution in [3.05, 3.63) is 209 Å². The van der Waals surface area contributed by atoms with Crippen LogP contribution in [0.2, 0.25) is 0 Å². The summed E-state index contributed by atoms with van der Waals surface area (Å²) in [5.41, 5.74) is 9.97. The van der Waals surface area contributed by atoms with E-state index in [0.29, 0.717) is 53.3 Å². The summed E-state index contributed by atoms with van der Waals surface area (Å²) in [7, 11) is 0. The highest BCUT2D eigenvalue weighted by atomic mass is 14.4. The first-order valence-corrected chi connectivity index (χ1v) is 18.4. The predicted octanol–water partition coefficient (Wildman–Crippen LogP) is 9.57. The molecule has 0 heteroatoms. The largest absolute Gasteiger partial charge is 0.0804 e. The van der Waals surface area contributed by atoms with Gasteiger partial charge in [-0.05, 0) is 74.5 Å². The van der Waals surface area contributed by atoms with Crippen LogP contribution in [0.25, 0.3) is 16.7 Å². The molecule has 0 nitrogen and oxygen atoms in total. The molecule has 10 rings (SSSR count). The lowest BCUT2D eigenvalue weighted by Crippen LogP contribution is -2.42. The smallest absolute Gasteiger partial charge is 0.0140 e. The molecule has 0 saturated carbocycles. The minimum Gasteiger partial charge on any atom is -0.0804 e. The topological polar surface area (TPSA) is 0 Å². The van der Waals surface area contributed by atoms with Crippen LogP contribution in [0.15, 0.2) is 187 Å². The van der Waals surface area contributed by atoms with Crippen LogP contribution in [0.5, 0.6) is 0 Å². The van der Waals surface area contributed by atoms with E-state index in [0.717, 1.165) is 0 Å². The first-order valence-electron chi connectivity index (χ1n) is 18.4. The second-order valence-corrected chi connectivity index (χ2v) is 15.1. The van der Waals surface area contributed by atoms with Gasteiger partial charge in [0.2, 0.25) is 0 Å².